The molecular formula is C4H4LiO10P. The van der Waals surface area contributed by atoms with E-state index in [2.05, 4.69) is 9.05 Å². The second-order valence-corrected chi connectivity index (χ2v) is 3.14. The van der Waals surface area contributed by atoms with Crippen LogP contribution in [0.25, 0.3) is 0 Å². The largest absolute Gasteiger partial charge is 1.00 e. The topological polar surface area (TPSA) is 164 Å². The number of aliphatic carboxylic acids is 2. The third-order valence-corrected chi connectivity index (χ3v) is 1.54. The van der Waals surface area contributed by atoms with Crippen molar-refractivity contribution in [3.8, 4) is 0 Å². The summed E-state index contributed by atoms with van der Waals surface area (Å²) in [4.78, 5) is 48.6. The fourth-order valence-corrected chi connectivity index (χ4v) is 0.919. The zero-order chi connectivity index (χ0) is 12.2. The van der Waals surface area contributed by atoms with Crippen molar-refractivity contribution < 1.29 is 68.2 Å². The van der Waals surface area contributed by atoms with Gasteiger partial charge in [-0.3, -0.25) is 4.89 Å². The van der Waals surface area contributed by atoms with E-state index in [-0.39, 0.29) is 20.3 Å². The minimum atomic E-state index is -5.37. The molecule has 0 saturated carbocycles. The molecule has 0 aromatic rings. The second kappa shape index (κ2) is 6.29. The second-order valence-electron chi connectivity index (χ2n) is 1.84. The SMILES string of the molecule is O=C(O)C(=O)OP(=O)(O)OC(=O)C(=O)O.[H-].[Li+]. The maximum Gasteiger partial charge on any atom is 1.00 e. The number of carbonyl (C=O) groups excluding carboxylic acids is 2. The van der Waals surface area contributed by atoms with Crippen LogP contribution in [0.1, 0.15) is 1.43 Å². The average Bonchev–Trinajstić information content (AvgIpc) is 2.01. The molecule has 0 atom stereocenters. The molecule has 3 N–H and O–H groups in total. The van der Waals surface area contributed by atoms with Gasteiger partial charge in [0.15, 0.2) is 0 Å². The fourth-order valence-electron chi connectivity index (χ4n) is 0.306. The standard InChI is InChI=1S/C4H3O10P.Li.H/c5-1(6)3(9)13-15(11,12)14-4(10)2(7)8;;/h(H,5,6)(H,7,8)(H,11,12);;/q;+1;-1. The number of carboxylic acid groups (broad SMARTS) is 2. The molecule has 0 rings (SSSR count). The normalized spacial score (nSPS) is 9.56. The first-order valence-corrected chi connectivity index (χ1v) is 4.42. The number of carbonyl (C=O) groups is 4. The molecule has 0 bridgehead atoms. The van der Waals surface area contributed by atoms with Gasteiger partial charge in [0.25, 0.3) is 0 Å². The third kappa shape index (κ3) is 6.21. The molecule has 0 unspecified atom stereocenters. The van der Waals surface area contributed by atoms with Crippen LogP contribution in [-0.2, 0) is 32.8 Å². The van der Waals surface area contributed by atoms with Gasteiger partial charge >= 0.3 is 50.6 Å². The summed E-state index contributed by atoms with van der Waals surface area (Å²) in [6.45, 7) is 0. The van der Waals surface area contributed by atoms with E-state index in [1.165, 1.54) is 0 Å². The maximum absolute atomic E-state index is 10.6. The summed E-state index contributed by atoms with van der Waals surface area (Å²) in [6.07, 6.45) is 0. The summed E-state index contributed by atoms with van der Waals surface area (Å²) in [5.74, 6) is -8.76. The molecule has 0 radical (unpaired) electrons. The molecule has 0 fully saturated rings. The van der Waals surface area contributed by atoms with Crippen molar-refractivity contribution in [3.63, 3.8) is 0 Å². The molecule has 0 aliphatic carbocycles. The van der Waals surface area contributed by atoms with Crippen LogP contribution in [0.5, 0.6) is 0 Å². The van der Waals surface area contributed by atoms with Crippen LogP contribution in [0.4, 0.5) is 0 Å². The van der Waals surface area contributed by atoms with E-state index in [0.29, 0.717) is 0 Å². The van der Waals surface area contributed by atoms with Crippen LogP contribution in [0.2, 0.25) is 0 Å². The number of hydrogen-bond acceptors (Lipinski definition) is 7. The monoisotopic (exact) mass is 250 g/mol. The fraction of sp³-hybridized carbons (Fsp3) is 0. The van der Waals surface area contributed by atoms with Gasteiger partial charge in [-0.15, -0.1) is 0 Å². The molecule has 0 aromatic heterocycles. The van der Waals surface area contributed by atoms with Crippen molar-refractivity contribution in [2.24, 2.45) is 0 Å². The van der Waals surface area contributed by atoms with Gasteiger partial charge in [0.2, 0.25) is 0 Å². The van der Waals surface area contributed by atoms with Gasteiger partial charge < -0.3 is 20.7 Å². The molecule has 0 heterocycles. The van der Waals surface area contributed by atoms with Crippen LogP contribution in [0.3, 0.4) is 0 Å². The molecule has 10 nitrogen and oxygen atoms in total. The maximum atomic E-state index is 10.6. The Balaban J connectivity index is -0.000000980. The van der Waals surface area contributed by atoms with E-state index in [4.69, 9.17) is 15.1 Å². The molecule has 0 aromatic carbocycles. The average molecular weight is 250 g/mol. The summed E-state index contributed by atoms with van der Waals surface area (Å²) < 4.78 is 17.2. The summed E-state index contributed by atoms with van der Waals surface area (Å²) in [6, 6.07) is 0. The van der Waals surface area contributed by atoms with Crippen LogP contribution in [0, 0.1) is 0 Å². The molecule has 0 saturated heterocycles. The molecule has 0 aliphatic rings. The third-order valence-electron chi connectivity index (χ3n) is 0.746. The predicted octanol–water partition coefficient (Wildman–Crippen LogP) is -4.54. The Hall–Kier alpha value is -1.33. The Kier molecular flexibility index (Phi) is 6.72. The quantitative estimate of drug-likeness (QED) is 0.247. The van der Waals surface area contributed by atoms with E-state index in [1.54, 1.807) is 0 Å². The van der Waals surface area contributed by atoms with Crippen molar-refractivity contribution >= 4 is 31.7 Å². The summed E-state index contributed by atoms with van der Waals surface area (Å²) in [5, 5.41) is 15.9. The number of hydrogen-bond donors (Lipinski definition) is 3. The Labute approximate surface area is 100 Å². The summed E-state index contributed by atoms with van der Waals surface area (Å²) >= 11 is 0. The van der Waals surface area contributed by atoms with E-state index in [1.807, 2.05) is 0 Å². The molecule has 16 heavy (non-hydrogen) atoms. The van der Waals surface area contributed by atoms with Crippen molar-refractivity contribution in [1.82, 2.24) is 0 Å². The van der Waals surface area contributed by atoms with Crippen LogP contribution >= 0.6 is 7.82 Å². The van der Waals surface area contributed by atoms with Gasteiger partial charge in [-0.05, 0) is 0 Å². The van der Waals surface area contributed by atoms with Crippen molar-refractivity contribution in [2.75, 3.05) is 0 Å². The number of phosphoric ester groups is 1. The van der Waals surface area contributed by atoms with Crippen LogP contribution in [-0.4, -0.2) is 39.0 Å². The van der Waals surface area contributed by atoms with Gasteiger partial charge in [0, 0.05) is 0 Å². The van der Waals surface area contributed by atoms with Crippen molar-refractivity contribution in [3.05, 3.63) is 0 Å². The van der Waals surface area contributed by atoms with E-state index in [0.717, 1.165) is 0 Å². The molecule has 12 heteroatoms. The number of carboxylic acids is 2. The zero-order valence-electron chi connectivity index (χ0n) is 8.65. The molecule has 0 aliphatic heterocycles. The van der Waals surface area contributed by atoms with Gasteiger partial charge in [-0.1, -0.05) is 0 Å². The number of phosphoric acid groups is 1. The molecule has 0 amide bonds. The van der Waals surface area contributed by atoms with Crippen molar-refractivity contribution in [1.29, 1.82) is 0 Å². The summed E-state index contributed by atoms with van der Waals surface area (Å²) in [7, 11) is -5.37. The number of rotatable bonds is 2. The van der Waals surface area contributed by atoms with Gasteiger partial charge in [-0.2, -0.15) is 0 Å². The van der Waals surface area contributed by atoms with Gasteiger partial charge in [0.05, 0.1) is 0 Å². The van der Waals surface area contributed by atoms with E-state index >= 15 is 0 Å². The van der Waals surface area contributed by atoms with Gasteiger partial charge in [0.1, 0.15) is 0 Å². The Bertz CT molecular complexity index is 347. The Morgan fingerprint density at radius 1 is 0.938 bits per heavy atom. The zero-order valence-corrected chi connectivity index (χ0v) is 8.54. The van der Waals surface area contributed by atoms with Gasteiger partial charge in [-0.25, -0.2) is 23.7 Å². The first kappa shape index (κ1) is 17.1. The smallest absolute Gasteiger partial charge is 1.00 e. The predicted molar refractivity (Wildman–Crippen MR) is 38.4 cm³/mol. The summed E-state index contributed by atoms with van der Waals surface area (Å²) in [5.41, 5.74) is 0. The Morgan fingerprint density at radius 2 is 1.19 bits per heavy atom. The first-order chi connectivity index (χ1) is 6.65. The van der Waals surface area contributed by atoms with Crippen LogP contribution in [0.15, 0.2) is 0 Å². The van der Waals surface area contributed by atoms with E-state index in [9.17, 15) is 23.7 Å². The first-order valence-electron chi connectivity index (χ1n) is 2.92. The van der Waals surface area contributed by atoms with E-state index < -0.39 is 31.7 Å². The minimum Gasteiger partial charge on any atom is -1.00 e. The van der Waals surface area contributed by atoms with Crippen LogP contribution < -0.4 is 18.9 Å². The molecule has 0 spiro atoms. The molecular weight excluding hydrogens is 246 g/mol. The minimum absolute atomic E-state index is 0. The van der Waals surface area contributed by atoms with Crippen molar-refractivity contribution in [2.45, 2.75) is 0 Å². The Morgan fingerprint density at radius 3 is 1.38 bits per heavy atom. The molecule has 86 valence electrons.